The van der Waals surface area contributed by atoms with Gasteiger partial charge in [0.05, 0.1) is 32.1 Å². The van der Waals surface area contributed by atoms with Crippen molar-refractivity contribution in [3.8, 4) is 0 Å². The molecule has 0 saturated carbocycles. The Bertz CT molecular complexity index is 615. The first kappa shape index (κ1) is 30.1. The number of hydrogen-bond acceptors (Lipinski definition) is 2. The van der Waals surface area contributed by atoms with Crippen molar-refractivity contribution in [2.75, 3.05) is 27.2 Å². The van der Waals surface area contributed by atoms with Crippen LogP contribution in [-0.2, 0) is 10.1 Å². The molecule has 0 radical (unpaired) electrons. The summed E-state index contributed by atoms with van der Waals surface area (Å²) in [5, 5.41) is 0. The molecule has 31 heavy (non-hydrogen) atoms. The van der Waals surface area contributed by atoms with Crippen LogP contribution >= 0.6 is 0 Å². The van der Waals surface area contributed by atoms with Crippen molar-refractivity contribution in [2.45, 2.75) is 109 Å². The Labute approximate surface area is 193 Å². The number of quaternary nitrogens is 1. The molecule has 1 aromatic rings. The number of hydrogen-bond donors (Lipinski definition) is 1. The largest absolute Gasteiger partial charge is 0.329 e. The molecule has 0 heterocycles. The minimum Gasteiger partial charge on any atom is -0.329 e. The zero-order chi connectivity index (χ0) is 23.4. The fourth-order valence-electron chi connectivity index (χ4n) is 3.48. The number of rotatable bonds is 17. The van der Waals surface area contributed by atoms with Crippen molar-refractivity contribution in [3.63, 3.8) is 0 Å². The lowest BCUT2D eigenvalue weighted by Crippen LogP contribution is -2.39. The van der Waals surface area contributed by atoms with Crippen molar-refractivity contribution in [2.24, 2.45) is 0 Å². The van der Waals surface area contributed by atoms with Gasteiger partial charge < -0.3 is 4.48 Å². The lowest BCUT2D eigenvalue weighted by atomic mass is 10.0. The molecule has 1 aromatic carbocycles. The summed E-state index contributed by atoms with van der Waals surface area (Å²) in [6.45, 7) is 7.21. The van der Waals surface area contributed by atoms with Gasteiger partial charge in [-0.25, -0.2) is 0 Å². The Morgan fingerprint density at radius 1 is 0.677 bits per heavy atom. The van der Waals surface area contributed by atoms with Crippen LogP contribution in [0.1, 0.15) is 104 Å². The van der Waals surface area contributed by atoms with Crippen molar-refractivity contribution in [1.29, 1.82) is 0 Å². The van der Waals surface area contributed by atoms with E-state index in [0.717, 1.165) is 0 Å². The highest BCUT2D eigenvalue weighted by molar-refractivity contribution is 7.85. The second-order valence-corrected chi connectivity index (χ2v) is 10.8. The highest BCUT2D eigenvalue weighted by atomic mass is 32.2. The third-order valence-corrected chi connectivity index (χ3v) is 6.88. The van der Waals surface area contributed by atoms with Gasteiger partial charge in [-0.1, -0.05) is 102 Å². The zero-order valence-electron chi connectivity index (χ0n) is 20.8. The molecule has 0 aliphatic rings. The Kier molecular flexibility index (Phi) is 18.1. The highest BCUT2D eigenvalue weighted by Crippen LogP contribution is 2.13. The molecule has 182 valence electrons. The van der Waals surface area contributed by atoms with Crippen LogP contribution in [0.4, 0.5) is 0 Å². The maximum atomic E-state index is 10.4. The van der Waals surface area contributed by atoms with E-state index in [1.807, 2.05) is 0 Å². The predicted octanol–water partition coefficient (Wildman–Crippen LogP) is 7.50. The van der Waals surface area contributed by atoms with Gasteiger partial charge >= 0.3 is 0 Å². The summed E-state index contributed by atoms with van der Waals surface area (Å²) in [6, 6.07) is 7.42. The van der Waals surface area contributed by atoms with E-state index in [9.17, 15) is 8.42 Å². The molecule has 0 unspecified atom stereocenters. The Balaban J connectivity index is 0.000000743. The average molecular weight is 457 g/mol. The molecular weight excluding hydrogens is 406 g/mol. The van der Waals surface area contributed by atoms with E-state index >= 15 is 0 Å². The molecule has 1 N–H and O–H groups in total. The van der Waals surface area contributed by atoms with E-state index in [4.69, 9.17) is 4.55 Å². The van der Waals surface area contributed by atoms with Crippen molar-refractivity contribution in [3.05, 3.63) is 30.3 Å². The van der Waals surface area contributed by atoms with Crippen LogP contribution in [-0.4, -0.2) is 44.6 Å². The SMILES string of the molecule is CCCCCCCCCCCCCCCC[N+](C)(C)CC.O=S(=O)(O)c1ccccc1. The number of unbranched alkanes of at least 4 members (excludes halogenated alkanes) is 13. The van der Waals surface area contributed by atoms with Gasteiger partial charge in [-0.05, 0) is 31.9 Å². The van der Waals surface area contributed by atoms with E-state index in [-0.39, 0.29) is 4.90 Å². The minimum atomic E-state index is -4.00. The van der Waals surface area contributed by atoms with Gasteiger partial charge in [0.25, 0.3) is 10.1 Å². The van der Waals surface area contributed by atoms with Gasteiger partial charge in [0, 0.05) is 0 Å². The normalized spacial score (nSPS) is 11.8. The van der Waals surface area contributed by atoms with Crippen LogP contribution in [0.5, 0.6) is 0 Å². The smallest absolute Gasteiger partial charge is 0.294 e. The summed E-state index contributed by atoms with van der Waals surface area (Å²) >= 11 is 0. The Hall–Kier alpha value is -0.910. The second-order valence-electron chi connectivity index (χ2n) is 9.36. The topological polar surface area (TPSA) is 54.4 Å². The van der Waals surface area contributed by atoms with Gasteiger partial charge in [0.1, 0.15) is 0 Å². The van der Waals surface area contributed by atoms with Crippen LogP contribution in [0.15, 0.2) is 35.2 Å². The maximum Gasteiger partial charge on any atom is 0.294 e. The minimum absolute atomic E-state index is 0.0741. The molecule has 0 atom stereocenters. The van der Waals surface area contributed by atoms with E-state index in [2.05, 4.69) is 27.9 Å². The Morgan fingerprint density at radius 3 is 1.39 bits per heavy atom. The molecule has 5 heteroatoms. The van der Waals surface area contributed by atoms with Crippen molar-refractivity contribution in [1.82, 2.24) is 0 Å². The van der Waals surface area contributed by atoms with Crippen LogP contribution in [0.2, 0.25) is 0 Å². The van der Waals surface area contributed by atoms with Crippen molar-refractivity contribution >= 4 is 10.1 Å². The Morgan fingerprint density at radius 2 is 1.06 bits per heavy atom. The van der Waals surface area contributed by atoms with E-state index in [1.165, 1.54) is 120 Å². The summed E-state index contributed by atoms with van der Waals surface area (Å²) in [5.74, 6) is 0. The molecule has 0 saturated heterocycles. The fourth-order valence-corrected chi connectivity index (χ4v) is 3.99. The molecule has 4 nitrogen and oxygen atoms in total. The van der Waals surface area contributed by atoms with Crippen LogP contribution < -0.4 is 0 Å². The lowest BCUT2D eigenvalue weighted by molar-refractivity contribution is -0.888. The molecule has 0 amide bonds. The zero-order valence-corrected chi connectivity index (χ0v) is 21.6. The van der Waals surface area contributed by atoms with Gasteiger partial charge in [-0.2, -0.15) is 8.42 Å². The summed E-state index contributed by atoms with van der Waals surface area (Å²) in [7, 11) is 0.696. The first-order valence-electron chi connectivity index (χ1n) is 12.6. The van der Waals surface area contributed by atoms with E-state index in [0.29, 0.717) is 0 Å². The van der Waals surface area contributed by atoms with Crippen LogP contribution in [0.3, 0.4) is 0 Å². The number of benzene rings is 1. The van der Waals surface area contributed by atoms with Gasteiger partial charge in [0.15, 0.2) is 0 Å². The summed E-state index contributed by atoms with van der Waals surface area (Å²) in [5.41, 5.74) is 0. The molecule has 0 aliphatic heterocycles. The molecule has 0 aromatic heterocycles. The van der Waals surface area contributed by atoms with Gasteiger partial charge in [-0.15, -0.1) is 0 Å². The molecule has 0 spiro atoms. The summed E-state index contributed by atoms with van der Waals surface area (Å²) < 4.78 is 30.4. The molecule has 1 rings (SSSR count). The fraction of sp³-hybridized carbons (Fsp3) is 0.769. The molecule has 0 aliphatic carbocycles. The standard InChI is InChI=1S/C20H44N.C6H6O3S/c1-5-7-8-9-10-11-12-13-14-15-16-17-18-19-20-21(3,4)6-2;7-10(8,9)6-4-2-1-3-5-6/h5-20H2,1-4H3;1-5H,(H,7,8,9)/q+1;. The first-order valence-corrected chi connectivity index (χ1v) is 14.0. The van der Waals surface area contributed by atoms with Crippen LogP contribution in [0, 0.1) is 0 Å². The van der Waals surface area contributed by atoms with E-state index in [1.54, 1.807) is 18.2 Å². The molecular formula is C26H50NO3S+. The average Bonchev–Trinajstić information content (AvgIpc) is 2.74. The molecule has 0 fully saturated rings. The molecule has 0 bridgehead atoms. The summed E-state index contributed by atoms with van der Waals surface area (Å²) in [6.07, 6.45) is 20.4. The third-order valence-electron chi connectivity index (χ3n) is 6.01. The quantitative estimate of drug-likeness (QED) is 0.150. The van der Waals surface area contributed by atoms with Gasteiger partial charge in [0.2, 0.25) is 0 Å². The van der Waals surface area contributed by atoms with Crippen molar-refractivity contribution < 1.29 is 17.5 Å². The van der Waals surface area contributed by atoms with Gasteiger partial charge in [-0.3, -0.25) is 4.55 Å². The van der Waals surface area contributed by atoms with Crippen LogP contribution in [0.25, 0.3) is 0 Å². The lowest BCUT2D eigenvalue weighted by Gasteiger charge is -2.28. The number of nitrogens with zero attached hydrogens (tertiary/aromatic N) is 1. The summed E-state index contributed by atoms with van der Waals surface area (Å²) in [4.78, 5) is -0.0741. The maximum absolute atomic E-state index is 10.4. The highest BCUT2D eigenvalue weighted by Gasteiger charge is 2.10. The first-order chi connectivity index (χ1) is 14.7. The monoisotopic (exact) mass is 456 g/mol. The second kappa shape index (κ2) is 18.6. The van der Waals surface area contributed by atoms with E-state index < -0.39 is 10.1 Å². The third kappa shape index (κ3) is 19.5. The predicted molar refractivity (Wildman–Crippen MR) is 134 cm³/mol.